The zero-order valence-electron chi connectivity index (χ0n) is 25.7. The SMILES string of the molecule is CCCCOC(=O)c1ccc(NC(=O)C(C)Sc2cccc(NC(=O)/C(=C\c3c(F)cccc3Cl)NC(=O)c3ccccc3)c2)cc1. The van der Waals surface area contributed by atoms with Crippen LogP contribution in [0.2, 0.25) is 5.02 Å². The molecule has 4 aromatic carbocycles. The van der Waals surface area contributed by atoms with Crippen molar-refractivity contribution in [2.45, 2.75) is 36.8 Å². The molecule has 47 heavy (non-hydrogen) atoms. The first-order valence-corrected chi connectivity index (χ1v) is 16.1. The molecule has 4 rings (SSSR count). The Bertz CT molecular complexity index is 1750. The third-order valence-corrected chi connectivity index (χ3v) is 8.13. The molecule has 3 amide bonds. The summed E-state index contributed by atoms with van der Waals surface area (Å²) >= 11 is 7.46. The number of hydrogen-bond donors (Lipinski definition) is 3. The van der Waals surface area contributed by atoms with E-state index in [1.54, 1.807) is 85.8 Å². The molecule has 11 heteroatoms. The van der Waals surface area contributed by atoms with Gasteiger partial charge in [0, 0.05) is 27.4 Å². The van der Waals surface area contributed by atoms with Crippen LogP contribution in [0.25, 0.3) is 6.08 Å². The molecule has 0 aliphatic rings. The minimum absolute atomic E-state index is 0.0571. The summed E-state index contributed by atoms with van der Waals surface area (Å²) in [4.78, 5) is 52.1. The molecule has 0 fully saturated rings. The van der Waals surface area contributed by atoms with E-state index in [0.717, 1.165) is 12.8 Å². The molecule has 0 aromatic heterocycles. The summed E-state index contributed by atoms with van der Waals surface area (Å²) in [5.74, 6) is -2.62. The van der Waals surface area contributed by atoms with Gasteiger partial charge in [-0.3, -0.25) is 14.4 Å². The van der Waals surface area contributed by atoms with Crippen molar-refractivity contribution in [1.29, 1.82) is 0 Å². The summed E-state index contributed by atoms with van der Waals surface area (Å²) in [5.41, 5.74) is 1.33. The molecule has 0 bridgehead atoms. The quantitative estimate of drug-likeness (QED) is 0.0574. The molecule has 0 spiro atoms. The van der Waals surface area contributed by atoms with Crippen molar-refractivity contribution in [2.75, 3.05) is 17.2 Å². The number of hydrogen-bond acceptors (Lipinski definition) is 6. The van der Waals surface area contributed by atoms with Gasteiger partial charge in [-0.1, -0.05) is 55.3 Å². The van der Waals surface area contributed by atoms with E-state index in [0.29, 0.717) is 34.0 Å². The third-order valence-electron chi connectivity index (χ3n) is 6.71. The average Bonchev–Trinajstić information content (AvgIpc) is 3.06. The van der Waals surface area contributed by atoms with E-state index in [9.17, 15) is 23.6 Å². The highest BCUT2D eigenvalue weighted by atomic mass is 35.5. The van der Waals surface area contributed by atoms with Gasteiger partial charge in [-0.2, -0.15) is 0 Å². The highest BCUT2D eigenvalue weighted by Gasteiger charge is 2.19. The lowest BCUT2D eigenvalue weighted by Gasteiger charge is -2.14. The lowest BCUT2D eigenvalue weighted by atomic mass is 10.1. The molecule has 0 radical (unpaired) electrons. The highest BCUT2D eigenvalue weighted by Crippen LogP contribution is 2.27. The smallest absolute Gasteiger partial charge is 0.338 e. The van der Waals surface area contributed by atoms with Crippen LogP contribution in [-0.2, 0) is 14.3 Å². The number of unbranched alkanes of at least 4 members (excludes halogenated alkanes) is 1. The van der Waals surface area contributed by atoms with Crippen LogP contribution in [-0.4, -0.2) is 35.5 Å². The van der Waals surface area contributed by atoms with Gasteiger partial charge in [0.2, 0.25) is 5.91 Å². The lowest BCUT2D eigenvalue weighted by Crippen LogP contribution is -2.30. The number of carbonyl (C=O) groups excluding carboxylic acids is 4. The summed E-state index contributed by atoms with van der Waals surface area (Å²) in [6, 6.07) is 25.7. The molecule has 4 aromatic rings. The molecule has 242 valence electrons. The summed E-state index contributed by atoms with van der Waals surface area (Å²) in [5, 5.41) is 7.67. The maximum Gasteiger partial charge on any atom is 0.338 e. The molecule has 0 heterocycles. The van der Waals surface area contributed by atoms with Gasteiger partial charge in [0.15, 0.2) is 0 Å². The zero-order valence-corrected chi connectivity index (χ0v) is 27.3. The zero-order chi connectivity index (χ0) is 33.8. The first-order chi connectivity index (χ1) is 22.6. The van der Waals surface area contributed by atoms with Gasteiger partial charge in [-0.25, -0.2) is 9.18 Å². The Kier molecular flexibility index (Phi) is 12.7. The van der Waals surface area contributed by atoms with Crippen LogP contribution < -0.4 is 16.0 Å². The van der Waals surface area contributed by atoms with Crippen LogP contribution in [0, 0.1) is 5.82 Å². The van der Waals surface area contributed by atoms with Crippen LogP contribution >= 0.6 is 23.4 Å². The van der Waals surface area contributed by atoms with E-state index in [4.69, 9.17) is 16.3 Å². The standard InChI is InChI=1S/C36H33ClFN3O5S/c1-3-4-20-46-36(45)25-16-18-26(19-17-25)39-33(42)23(2)47-28-13-8-12-27(21-28)40-35(44)32(22-29-30(37)14-9-15-31(29)38)41-34(43)24-10-6-5-7-11-24/h5-19,21-23H,3-4,20H2,1-2H3,(H,39,42)(H,40,44)(H,41,43)/b32-22+. The maximum atomic E-state index is 14.6. The number of anilines is 2. The van der Waals surface area contributed by atoms with E-state index in [2.05, 4.69) is 16.0 Å². The predicted molar refractivity (Wildman–Crippen MR) is 184 cm³/mol. The van der Waals surface area contributed by atoms with Gasteiger partial charge < -0.3 is 20.7 Å². The summed E-state index contributed by atoms with van der Waals surface area (Å²) in [6.45, 7) is 4.11. The summed E-state index contributed by atoms with van der Waals surface area (Å²) in [6.07, 6.45) is 2.90. The largest absolute Gasteiger partial charge is 0.462 e. The third kappa shape index (κ3) is 10.3. The normalized spacial score (nSPS) is 11.7. The monoisotopic (exact) mass is 673 g/mol. The van der Waals surface area contributed by atoms with Gasteiger partial charge in [-0.15, -0.1) is 11.8 Å². The lowest BCUT2D eigenvalue weighted by molar-refractivity contribution is -0.115. The first-order valence-electron chi connectivity index (χ1n) is 14.8. The van der Waals surface area contributed by atoms with Crippen molar-refractivity contribution in [3.63, 3.8) is 0 Å². The number of esters is 1. The molecule has 0 aliphatic carbocycles. The van der Waals surface area contributed by atoms with Gasteiger partial charge in [0.1, 0.15) is 11.5 Å². The second-order valence-corrected chi connectivity index (χ2v) is 12.1. The Morgan fingerprint density at radius 2 is 1.60 bits per heavy atom. The fourth-order valence-electron chi connectivity index (χ4n) is 4.16. The van der Waals surface area contributed by atoms with Crippen LogP contribution in [0.15, 0.2) is 108 Å². The van der Waals surface area contributed by atoms with Crippen molar-refractivity contribution < 1.29 is 28.3 Å². The Labute approximate surface area is 281 Å². The molecule has 8 nitrogen and oxygen atoms in total. The summed E-state index contributed by atoms with van der Waals surface area (Å²) in [7, 11) is 0. The highest BCUT2D eigenvalue weighted by molar-refractivity contribution is 8.00. The number of benzene rings is 4. The van der Waals surface area contributed by atoms with E-state index in [1.807, 2.05) is 6.92 Å². The van der Waals surface area contributed by atoms with Crippen molar-refractivity contribution in [2.24, 2.45) is 0 Å². The van der Waals surface area contributed by atoms with E-state index in [-0.39, 0.29) is 22.2 Å². The fourth-order valence-corrected chi connectivity index (χ4v) is 5.31. The molecular formula is C36H33ClFN3O5S. The predicted octanol–water partition coefficient (Wildman–Crippen LogP) is 7.96. The number of rotatable bonds is 13. The second-order valence-electron chi connectivity index (χ2n) is 10.3. The average molecular weight is 674 g/mol. The number of ether oxygens (including phenoxy) is 1. The molecule has 0 saturated carbocycles. The number of amides is 3. The van der Waals surface area contributed by atoms with E-state index >= 15 is 0 Å². The van der Waals surface area contributed by atoms with Crippen LogP contribution in [0.3, 0.4) is 0 Å². The second kappa shape index (κ2) is 17.1. The minimum Gasteiger partial charge on any atom is -0.462 e. The van der Waals surface area contributed by atoms with Gasteiger partial charge in [-0.05, 0) is 86.2 Å². The molecule has 1 unspecified atom stereocenters. The van der Waals surface area contributed by atoms with Gasteiger partial charge in [0.25, 0.3) is 11.8 Å². The Balaban J connectivity index is 1.43. The molecule has 3 N–H and O–H groups in total. The van der Waals surface area contributed by atoms with Gasteiger partial charge in [0.05, 0.1) is 22.4 Å². The Morgan fingerprint density at radius 1 is 0.872 bits per heavy atom. The van der Waals surface area contributed by atoms with Gasteiger partial charge >= 0.3 is 5.97 Å². The van der Waals surface area contributed by atoms with Crippen LogP contribution in [0.1, 0.15) is 53.0 Å². The number of halogens is 2. The van der Waals surface area contributed by atoms with Crippen LogP contribution in [0.4, 0.5) is 15.8 Å². The minimum atomic E-state index is -0.709. The van der Waals surface area contributed by atoms with Crippen molar-refractivity contribution in [3.8, 4) is 0 Å². The fraction of sp³-hybridized carbons (Fsp3) is 0.167. The maximum absolute atomic E-state index is 14.6. The number of nitrogens with one attached hydrogen (secondary N) is 3. The Morgan fingerprint density at radius 3 is 2.30 bits per heavy atom. The molecular weight excluding hydrogens is 641 g/mol. The summed E-state index contributed by atoms with van der Waals surface area (Å²) < 4.78 is 19.8. The molecule has 0 aliphatic heterocycles. The van der Waals surface area contributed by atoms with Crippen molar-refractivity contribution in [1.82, 2.24) is 5.32 Å². The first kappa shape index (κ1) is 34.9. The van der Waals surface area contributed by atoms with E-state index in [1.165, 1.54) is 36.0 Å². The van der Waals surface area contributed by atoms with Crippen LogP contribution in [0.5, 0.6) is 0 Å². The molecule has 0 saturated heterocycles. The molecule has 1 atom stereocenters. The topological polar surface area (TPSA) is 114 Å². The van der Waals surface area contributed by atoms with Crippen molar-refractivity contribution >= 4 is 64.5 Å². The van der Waals surface area contributed by atoms with E-state index < -0.39 is 28.9 Å². The number of carbonyl (C=O) groups is 4. The van der Waals surface area contributed by atoms with Crippen molar-refractivity contribution in [3.05, 3.63) is 130 Å². The Hall–Kier alpha value is -4.93. The number of thioether (sulfide) groups is 1.